The van der Waals surface area contributed by atoms with Gasteiger partial charge in [-0.05, 0) is 56.9 Å². The quantitative estimate of drug-likeness (QED) is 0.279. The number of rotatable bonds is 14. The van der Waals surface area contributed by atoms with Gasteiger partial charge in [-0.2, -0.15) is 0 Å². The van der Waals surface area contributed by atoms with Crippen LogP contribution < -0.4 is 17.1 Å². The number of halogens is 1. The Balaban J connectivity index is 0.00000729. The number of hydrogen-bond acceptors (Lipinski definition) is 2. The molecule has 0 amide bonds. The van der Waals surface area contributed by atoms with Gasteiger partial charge in [0, 0.05) is 5.69 Å². The van der Waals surface area contributed by atoms with Crippen molar-refractivity contribution in [2.45, 2.75) is 59.3 Å². The summed E-state index contributed by atoms with van der Waals surface area (Å²) >= 11 is 0. The molecule has 6 heteroatoms. The van der Waals surface area contributed by atoms with Crippen LogP contribution in [0.5, 0.6) is 0 Å². The van der Waals surface area contributed by atoms with Gasteiger partial charge in [0.15, 0.2) is 0 Å². The number of sulfonamides is 1. The molecule has 0 atom stereocenters. The molecule has 1 rings (SSSR count). The van der Waals surface area contributed by atoms with Crippen LogP contribution in [0.15, 0.2) is 36.4 Å². The van der Waals surface area contributed by atoms with E-state index in [1.807, 2.05) is 24.3 Å². The topological polar surface area (TPSA) is 46.2 Å². The predicted molar refractivity (Wildman–Crippen MR) is 118 cm³/mol. The van der Waals surface area contributed by atoms with Crippen molar-refractivity contribution in [1.82, 2.24) is 0 Å². The first-order chi connectivity index (χ1) is 12.8. The Bertz CT molecular complexity index is 654. The van der Waals surface area contributed by atoms with Crippen LogP contribution in [-0.4, -0.2) is 45.3 Å². The lowest BCUT2D eigenvalue weighted by Gasteiger charge is -2.36. The number of nitrogens with one attached hydrogen (secondary N) is 1. The number of unbranched alkanes of at least 4 members (excludes halogenated alkanes) is 4. The largest absolute Gasteiger partial charge is 1.00 e. The molecule has 0 aliphatic carbocycles. The summed E-state index contributed by atoms with van der Waals surface area (Å²) in [5, 5.41) is 0. The zero-order valence-corrected chi connectivity index (χ0v) is 19.7. The fourth-order valence-electron chi connectivity index (χ4n) is 3.38. The van der Waals surface area contributed by atoms with Gasteiger partial charge in [-0.1, -0.05) is 44.4 Å². The Morgan fingerprint density at radius 3 is 2.07 bits per heavy atom. The van der Waals surface area contributed by atoms with Crippen LogP contribution in [0.3, 0.4) is 0 Å². The second-order valence-corrected chi connectivity index (χ2v) is 9.29. The van der Waals surface area contributed by atoms with Crippen LogP contribution in [0.2, 0.25) is 0 Å². The fourth-order valence-corrected chi connectivity index (χ4v) is 3.94. The fraction of sp³-hybridized carbons (Fsp3) is 0.636. The molecule has 0 heterocycles. The molecule has 0 aliphatic heterocycles. The minimum absolute atomic E-state index is 0. The summed E-state index contributed by atoms with van der Waals surface area (Å²) in [6.07, 6.45) is 13.3. The summed E-state index contributed by atoms with van der Waals surface area (Å²) < 4.78 is 26.2. The van der Waals surface area contributed by atoms with Crippen molar-refractivity contribution < 1.29 is 25.3 Å². The zero-order valence-electron chi connectivity index (χ0n) is 18.1. The van der Waals surface area contributed by atoms with Crippen molar-refractivity contribution >= 4 is 15.7 Å². The minimum atomic E-state index is -3.21. The van der Waals surface area contributed by atoms with E-state index in [4.69, 9.17) is 0 Å². The molecule has 0 unspecified atom stereocenters. The highest BCUT2D eigenvalue weighted by atomic mass is 35.5. The highest BCUT2D eigenvalue weighted by Gasteiger charge is 2.20. The highest BCUT2D eigenvalue weighted by molar-refractivity contribution is 7.92. The molecule has 4 nitrogen and oxygen atoms in total. The number of hydrogen-bond donors (Lipinski definition) is 1. The molecule has 0 fully saturated rings. The van der Waals surface area contributed by atoms with Crippen molar-refractivity contribution in [3.63, 3.8) is 0 Å². The van der Waals surface area contributed by atoms with Crippen LogP contribution in [0.1, 0.15) is 58.4 Å². The van der Waals surface area contributed by atoms with Gasteiger partial charge >= 0.3 is 0 Å². The van der Waals surface area contributed by atoms with E-state index in [0.29, 0.717) is 5.69 Å². The van der Waals surface area contributed by atoms with Crippen LogP contribution in [0, 0.1) is 0 Å². The first kappa shape index (κ1) is 27.0. The van der Waals surface area contributed by atoms with Crippen LogP contribution in [0.4, 0.5) is 5.69 Å². The lowest BCUT2D eigenvalue weighted by molar-refractivity contribution is -0.919. The number of nitrogens with zero attached hydrogens (tertiary/aromatic N) is 1. The van der Waals surface area contributed by atoms with E-state index in [0.717, 1.165) is 13.0 Å². The summed E-state index contributed by atoms with van der Waals surface area (Å²) in [4.78, 5) is 0. The maximum atomic E-state index is 11.3. The summed E-state index contributed by atoms with van der Waals surface area (Å²) in [6.45, 7) is 11.6. The lowest BCUT2D eigenvalue weighted by atomic mass is 10.1. The smallest absolute Gasteiger partial charge is 0.229 e. The van der Waals surface area contributed by atoms with Crippen LogP contribution >= 0.6 is 0 Å². The van der Waals surface area contributed by atoms with Gasteiger partial charge in [-0.25, -0.2) is 8.42 Å². The molecule has 1 aromatic carbocycles. The number of allylic oxidation sites excluding steroid dienone is 1. The van der Waals surface area contributed by atoms with Crippen LogP contribution in [-0.2, 0) is 16.4 Å². The third-order valence-electron chi connectivity index (χ3n) is 5.35. The Morgan fingerprint density at radius 2 is 1.54 bits per heavy atom. The van der Waals surface area contributed by atoms with Crippen molar-refractivity contribution in [2.24, 2.45) is 0 Å². The van der Waals surface area contributed by atoms with Gasteiger partial charge in [0.25, 0.3) is 0 Å². The van der Waals surface area contributed by atoms with Crippen molar-refractivity contribution in [1.29, 1.82) is 0 Å². The molecule has 0 aromatic heterocycles. The summed E-state index contributed by atoms with van der Waals surface area (Å²) in [6, 6.07) is 7.60. The number of benzene rings is 1. The maximum Gasteiger partial charge on any atom is 0.229 e. The Morgan fingerprint density at radius 1 is 0.929 bits per heavy atom. The lowest BCUT2D eigenvalue weighted by Crippen LogP contribution is -3.00. The summed E-state index contributed by atoms with van der Waals surface area (Å²) in [5.74, 6) is 0. The average molecular weight is 431 g/mol. The summed E-state index contributed by atoms with van der Waals surface area (Å²) in [7, 11) is -3.21. The molecule has 0 radical (unpaired) electrons. The molecule has 0 spiro atoms. The van der Waals surface area contributed by atoms with Crippen molar-refractivity contribution in [2.75, 3.05) is 37.2 Å². The third-order valence-corrected chi connectivity index (χ3v) is 5.95. The molecular formula is C22H39ClN2O2S. The van der Waals surface area contributed by atoms with Crippen molar-refractivity contribution in [3.8, 4) is 0 Å². The number of quaternary nitrogens is 1. The number of likely N-dealkylation sites (N-methyl/N-ethyl adjacent to an activating group) is 1. The third kappa shape index (κ3) is 11.1. The highest BCUT2D eigenvalue weighted by Crippen LogP contribution is 2.14. The molecule has 28 heavy (non-hydrogen) atoms. The first-order valence-corrected chi connectivity index (χ1v) is 12.3. The van der Waals surface area contributed by atoms with Gasteiger partial charge in [0.1, 0.15) is 0 Å². The average Bonchev–Trinajstić information content (AvgIpc) is 2.63. The SMILES string of the molecule is CCCCCCC[N+](CC)(CC)C/C=C/Cc1ccc(NS(C)(=O)=O)cc1.[Cl-]. The monoisotopic (exact) mass is 430 g/mol. The van der Waals surface area contributed by atoms with Crippen molar-refractivity contribution in [3.05, 3.63) is 42.0 Å². The molecule has 0 saturated heterocycles. The molecule has 162 valence electrons. The number of anilines is 1. The Labute approximate surface area is 179 Å². The van der Waals surface area contributed by atoms with E-state index in [9.17, 15) is 8.42 Å². The maximum absolute atomic E-state index is 11.3. The normalized spacial score (nSPS) is 12.1. The second-order valence-electron chi connectivity index (χ2n) is 7.54. The predicted octanol–water partition coefficient (Wildman–Crippen LogP) is 1.99. The summed E-state index contributed by atoms with van der Waals surface area (Å²) in [5.41, 5.74) is 1.80. The van der Waals surface area contributed by atoms with E-state index in [-0.39, 0.29) is 12.4 Å². The van der Waals surface area contributed by atoms with Gasteiger partial charge in [0.2, 0.25) is 10.0 Å². The molecular weight excluding hydrogens is 392 g/mol. The second kappa shape index (κ2) is 14.0. The minimum Gasteiger partial charge on any atom is -1.00 e. The van der Waals surface area contributed by atoms with Gasteiger partial charge in [-0.15, -0.1) is 0 Å². The molecule has 1 aromatic rings. The molecule has 1 N–H and O–H groups in total. The van der Waals surface area contributed by atoms with E-state index in [1.165, 1.54) is 68.0 Å². The Hall–Kier alpha value is -1.04. The van der Waals surface area contributed by atoms with Gasteiger partial charge in [0.05, 0.1) is 32.4 Å². The van der Waals surface area contributed by atoms with E-state index in [2.05, 4.69) is 37.6 Å². The van der Waals surface area contributed by atoms with E-state index >= 15 is 0 Å². The standard InChI is InChI=1S/C22H39N2O2S.ClH/c1-5-8-9-10-12-19-24(6-2,7-3)20-13-11-14-21-15-17-22(18-16-21)23-27(4,25)26;/h11,13,15-18,23H,5-10,12,14,19-20H2,1-4H3;1H/q+1;/p-1/b13-11+;. The van der Waals surface area contributed by atoms with E-state index in [1.54, 1.807) is 0 Å². The molecule has 0 aliphatic rings. The van der Waals surface area contributed by atoms with Gasteiger partial charge < -0.3 is 16.9 Å². The Kier molecular flexibility index (Phi) is 13.5. The molecule has 0 bridgehead atoms. The molecule has 0 saturated carbocycles. The zero-order chi connectivity index (χ0) is 20.2. The van der Waals surface area contributed by atoms with Crippen LogP contribution in [0.25, 0.3) is 0 Å². The first-order valence-electron chi connectivity index (χ1n) is 10.4. The van der Waals surface area contributed by atoms with Gasteiger partial charge in [-0.3, -0.25) is 4.72 Å². The van der Waals surface area contributed by atoms with E-state index < -0.39 is 10.0 Å².